The third-order valence-electron chi connectivity index (χ3n) is 3.89. The van der Waals surface area contributed by atoms with E-state index in [4.69, 9.17) is 0 Å². The summed E-state index contributed by atoms with van der Waals surface area (Å²) in [7, 11) is 1.85. The second kappa shape index (κ2) is 6.18. The maximum atomic E-state index is 13.8. The topological polar surface area (TPSA) is 59.0 Å². The number of aromatic nitrogens is 2. The fraction of sp³-hybridized carbons (Fsp3) is 0.333. The Kier molecular flexibility index (Phi) is 4.26. The van der Waals surface area contributed by atoms with Crippen LogP contribution in [0, 0.1) is 11.7 Å². The summed E-state index contributed by atoms with van der Waals surface area (Å²) in [6, 6.07) is 4.49. The molecule has 0 spiro atoms. The SMILES string of the molecule is Cn1cc([C@H]2CNC[C@@H]2C(=O)Nc2cc(Br)ccc2F)cn1. The lowest BCUT2D eigenvalue weighted by molar-refractivity contribution is -0.119. The summed E-state index contributed by atoms with van der Waals surface area (Å²) >= 11 is 3.28. The van der Waals surface area contributed by atoms with Crippen molar-refractivity contribution in [3.05, 3.63) is 46.4 Å². The molecule has 22 heavy (non-hydrogen) atoms. The second-order valence-electron chi connectivity index (χ2n) is 5.43. The van der Waals surface area contributed by atoms with Crippen LogP contribution in [0.4, 0.5) is 10.1 Å². The Labute approximate surface area is 136 Å². The molecule has 1 amide bonds. The largest absolute Gasteiger partial charge is 0.323 e. The number of halogens is 2. The van der Waals surface area contributed by atoms with Crippen molar-refractivity contribution < 1.29 is 9.18 Å². The van der Waals surface area contributed by atoms with Gasteiger partial charge in [0.1, 0.15) is 5.82 Å². The van der Waals surface area contributed by atoms with Crippen LogP contribution in [0.1, 0.15) is 11.5 Å². The summed E-state index contributed by atoms with van der Waals surface area (Å²) in [6.07, 6.45) is 3.69. The van der Waals surface area contributed by atoms with Crippen LogP contribution in [0.5, 0.6) is 0 Å². The van der Waals surface area contributed by atoms with E-state index in [1.54, 1.807) is 23.0 Å². The number of hydrogen-bond donors (Lipinski definition) is 2. The molecule has 0 unspecified atom stereocenters. The molecule has 2 aromatic rings. The fourth-order valence-corrected chi connectivity index (χ4v) is 3.12. The molecular formula is C15H16BrFN4O. The zero-order valence-electron chi connectivity index (χ0n) is 12.0. The Morgan fingerprint density at radius 2 is 2.32 bits per heavy atom. The van der Waals surface area contributed by atoms with Crippen LogP contribution in [-0.4, -0.2) is 28.8 Å². The van der Waals surface area contributed by atoms with E-state index < -0.39 is 5.82 Å². The molecule has 1 aromatic heterocycles. The molecule has 3 rings (SSSR count). The van der Waals surface area contributed by atoms with Gasteiger partial charge in [0.05, 0.1) is 17.8 Å². The summed E-state index contributed by atoms with van der Waals surface area (Å²) in [5.41, 5.74) is 1.21. The number of anilines is 1. The van der Waals surface area contributed by atoms with Crippen LogP contribution in [0.15, 0.2) is 35.1 Å². The van der Waals surface area contributed by atoms with Crippen LogP contribution >= 0.6 is 15.9 Å². The molecule has 1 aromatic carbocycles. The third kappa shape index (κ3) is 3.05. The molecule has 2 atom stereocenters. The molecule has 5 nitrogen and oxygen atoms in total. The number of nitrogens with zero attached hydrogens (tertiary/aromatic N) is 2. The maximum absolute atomic E-state index is 13.8. The first-order chi connectivity index (χ1) is 10.5. The number of nitrogens with one attached hydrogen (secondary N) is 2. The van der Waals surface area contributed by atoms with Gasteiger partial charge < -0.3 is 10.6 Å². The fourth-order valence-electron chi connectivity index (χ4n) is 2.75. The van der Waals surface area contributed by atoms with E-state index >= 15 is 0 Å². The molecule has 0 bridgehead atoms. The molecule has 2 heterocycles. The average molecular weight is 367 g/mol. The van der Waals surface area contributed by atoms with Crippen LogP contribution in [0.3, 0.4) is 0 Å². The smallest absolute Gasteiger partial charge is 0.229 e. The Morgan fingerprint density at radius 1 is 1.50 bits per heavy atom. The standard InChI is InChI=1S/C15H16BrFN4O/c1-21-8-9(5-19-21)11-6-18-7-12(11)15(22)20-14-4-10(16)2-3-13(14)17/h2-5,8,11-12,18H,6-7H2,1H3,(H,20,22)/t11-,12+/m1/s1. The van der Waals surface area contributed by atoms with Gasteiger partial charge in [0.25, 0.3) is 0 Å². The first kappa shape index (κ1) is 15.2. The maximum Gasteiger partial charge on any atom is 0.229 e. The van der Waals surface area contributed by atoms with Gasteiger partial charge in [-0.3, -0.25) is 9.48 Å². The third-order valence-corrected chi connectivity index (χ3v) is 4.38. The minimum Gasteiger partial charge on any atom is -0.323 e. The highest BCUT2D eigenvalue weighted by Gasteiger charge is 2.35. The summed E-state index contributed by atoms with van der Waals surface area (Å²) in [4.78, 5) is 12.5. The van der Waals surface area contributed by atoms with Gasteiger partial charge in [-0.25, -0.2) is 4.39 Å². The highest BCUT2D eigenvalue weighted by atomic mass is 79.9. The van der Waals surface area contributed by atoms with E-state index in [1.165, 1.54) is 6.07 Å². The van der Waals surface area contributed by atoms with Crippen molar-refractivity contribution in [2.45, 2.75) is 5.92 Å². The van der Waals surface area contributed by atoms with Crippen molar-refractivity contribution >= 4 is 27.5 Å². The summed E-state index contributed by atoms with van der Waals surface area (Å²) < 4.78 is 16.2. The van der Waals surface area contributed by atoms with Gasteiger partial charge in [0.15, 0.2) is 0 Å². The molecule has 1 aliphatic heterocycles. The van der Waals surface area contributed by atoms with E-state index in [0.717, 1.165) is 10.0 Å². The van der Waals surface area contributed by atoms with Gasteiger partial charge in [-0.2, -0.15) is 5.10 Å². The van der Waals surface area contributed by atoms with Crippen LogP contribution in [0.25, 0.3) is 0 Å². The summed E-state index contributed by atoms with van der Waals surface area (Å²) in [5.74, 6) is -0.831. The van der Waals surface area contributed by atoms with Crippen molar-refractivity contribution in [3.8, 4) is 0 Å². The molecule has 1 saturated heterocycles. The lowest BCUT2D eigenvalue weighted by Gasteiger charge is -2.17. The van der Waals surface area contributed by atoms with Gasteiger partial charge in [0.2, 0.25) is 5.91 Å². The molecule has 116 valence electrons. The molecular weight excluding hydrogens is 351 g/mol. The molecule has 0 saturated carbocycles. The zero-order chi connectivity index (χ0) is 15.7. The number of hydrogen-bond acceptors (Lipinski definition) is 3. The molecule has 0 radical (unpaired) electrons. The normalized spacial score (nSPS) is 21.0. The van der Waals surface area contributed by atoms with Gasteiger partial charge in [0, 0.05) is 36.7 Å². The average Bonchev–Trinajstić information content (AvgIpc) is 3.11. The molecule has 0 aliphatic carbocycles. The van der Waals surface area contributed by atoms with Crippen molar-refractivity contribution in [1.82, 2.24) is 15.1 Å². The molecule has 2 N–H and O–H groups in total. The van der Waals surface area contributed by atoms with E-state index in [9.17, 15) is 9.18 Å². The number of carbonyl (C=O) groups is 1. The minimum absolute atomic E-state index is 0.0453. The Balaban J connectivity index is 1.77. The van der Waals surface area contributed by atoms with Gasteiger partial charge in [-0.05, 0) is 23.8 Å². The van der Waals surface area contributed by atoms with E-state index in [2.05, 4.69) is 31.7 Å². The van der Waals surface area contributed by atoms with Crippen molar-refractivity contribution in [1.29, 1.82) is 0 Å². The number of benzene rings is 1. The van der Waals surface area contributed by atoms with E-state index in [-0.39, 0.29) is 23.4 Å². The lowest BCUT2D eigenvalue weighted by Crippen LogP contribution is -2.28. The quantitative estimate of drug-likeness (QED) is 0.875. The highest BCUT2D eigenvalue weighted by Crippen LogP contribution is 2.29. The predicted molar refractivity (Wildman–Crippen MR) is 85.0 cm³/mol. The van der Waals surface area contributed by atoms with Crippen LogP contribution in [-0.2, 0) is 11.8 Å². The molecule has 1 aliphatic rings. The van der Waals surface area contributed by atoms with Crippen molar-refractivity contribution in [2.75, 3.05) is 18.4 Å². The minimum atomic E-state index is -0.444. The van der Waals surface area contributed by atoms with Crippen molar-refractivity contribution in [3.63, 3.8) is 0 Å². The lowest BCUT2D eigenvalue weighted by atomic mass is 9.90. The van der Waals surface area contributed by atoms with E-state index in [0.29, 0.717) is 13.1 Å². The Hall–Kier alpha value is -1.73. The summed E-state index contributed by atoms with van der Waals surface area (Å²) in [5, 5.41) is 10.1. The molecule has 1 fully saturated rings. The van der Waals surface area contributed by atoms with Crippen LogP contribution in [0.2, 0.25) is 0 Å². The van der Waals surface area contributed by atoms with E-state index in [1.807, 2.05) is 13.2 Å². The first-order valence-corrected chi connectivity index (χ1v) is 7.79. The summed E-state index contributed by atoms with van der Waals surface area (Å²) in [6.45, 7) is 1.28. The number of carbonyl (C=O) groups excluding carboxylic acids is 1. The highest BCUT2D eigenvalue weighted by molar-refractivity contribution is 9.10. The van der Waals surface area contributed by atoms with Gasteiger partial charge in [-0.1, -0.05) is 15.9 Å². The number of aryl methyl sites for hydroxylation is 1. The van der Waals surface area contributed by atoms with Crippen molar-refractivity contribution in [2.24, 2.45) is 13.0 Å². The first-order valence-electron chi connectivity index (χ1n) is 7.00. The monoisotopic (exact) mass is 366 g/mol. The second-order valence-corrected chi connectivity index (χ2v) is 6.35. The predicted octanol–water partition coefficient (Wildman–Crippen LogP) is 2.26. The number of amides is 1. The zero-order valence-corrected chi connectivity index (χ0v) is 13.6. The molecule has 7 heteroatoms. The number of rotatable bonds is 3. The van der Waals surface area contributed by atoms with Gasteiger partial charge in [-0.15, -0.1) is 0 Å². The Morgan fingerprint density at radius 3 is 3.05 bits per heavy atom. The van der Waals surface area contributed by atoms with Crippen LogP contribution < -0.4 is 10.6 Å². The van der Waals surface area contributed by atoms with Gasteiger partial charge >= 0.3 is 0 Å². The Bertz CT molecular complexity index is 703.